The molecule has 4 amide bonds. The molecular weight excluding hydrogens is 315 g/mol. The molecule has 1 aromatic rings. The second-order valence-corrected chi connectivity index (χ2v) is 6.65. The second kappa shape index (κ2) is 5.31. The van der Waals surface area contributed by atoms with Crippen LogP contribution in [0, 0.1) is 5.41 Å². The van der Waals surface area contributed by atoms with Crippen LogP contribution in [0.1, 0.15) is 20.8 Å². The number of halogens is 2. The average molecular weight is 329 g/mol. The summed E-state index contributed by atoms with van der Waals surface area (Å²) in [6, 6.07) is 3.72. The molecule has 1 heterocycles. The standard InChI is InChI=1S/C14H14Cl2N2O3/c1-14(2,3)12(20)17-7-11(19)18(13(17)21)10-5-8(15)4-9(16)6-10/h4-6H,7H2,1-3H3. The number of carbonyl (C=O) groups excluding carboxylic acids is 3. The number of rotatable bonds is 1. The zero-order valence-electron chi connectivity index (χ0n) is 11.8. The number of benzene rings is 1. The predicted molar refractivity (Wildman–Crippen MR) is 80.5 cm³/mol. The van der Waals surface area contributed by atoms with Gasteiger partial charge in [0.15, 0.2) is 0 Å². The molecule has 1 saturated heterocycles. The Balaban J connectivity index is 2.37. The van der Waals surface area contributed by atoms with Gasteiger partial charge >= 0.3 is 6.03 Å². The largest absolute Gasteiger partial charge is 0.338 e. The van der Waals surface area contributed by atoms with Gasteiger partial charge in [-0.2, -0.15) is 0 Å². The number of anilines is 1. The van der Waals surface area contributed by atoms with Crippen molar-refractivity contribution in [1.29, 1.82) is 0 Å². The van der Waals surface area contributed by atoms with Crippen LogP contribution < -0.4 is 4.90 Å². The molecule has 7 heteroatoms. The summed E-state index contributed by atoms with van der Waals surface area (Å²) in [6.45, 7) is 4.78. The van der Waals surface area contributed by atoms with Gasteiger partial charge in [-0.1, -0.05) is 44.0 Å². The van der Waals surface area contributed by atoms with Gasteiger partial charge in [0.25, 0.3) is 5.91 Å². The van der Waals surface area contributed by atoms with Crippen molar-refractivity contribution >= 4 is 46.7 Å². The fourth-order valence-corrected chi connectivity index (χ4v) is 2.50. The van der Waals surface area contributed by atoms with Crippen molar-refractivity contribution in [2.45, 2.75) is 20.8 Å². The predicted octanol–water partition coefficient (Wildman–Crippen LogP) is 3.33. The smallest absolute Gasteiger partial charge is 0.274 e. The highest BCUT2D eigenvalue weighted by molar-refractivity contribution is 6.35. The first kappa shape index (κ1) is 15.8. The first-order valence-electron chi connectivity index (χ1n) is 6.26. The van der Waals surface area contributed by atoms with Crippen LogP contribution in [0.3, 0.4) is 0 Å². The molecule has 0 atom stereocenters. The molecule has 0 bridgehead atoms. The number of urea groups is 1. The van der Waals surface area contributed by atoms with Crippen LogP contribution in [0.15, 0.2) is 18.2 Å². The van der Waals surface area contributed by atoms with E-state index in [0.717, 1.165) is 9.80 Å². The van der Waals surface area contributed by atoms with Crippen LogP contribution in [-0.2, 0) is 9.59 Å². The lowest BCUT2D eigenvalue weighted by Gasteiger charge is -2.23. The summed E-state index contributed by atoms with van der Waals surface area (Å²) in [4.78, 5) is 38.5. The van der Waals surface area contributed by atoms with Gasteiger partial charge in [-0.25, -0.2) is 9.69 Å². The van der Waals surface area contributed by atoms with Crippen molar-refractivity contribution in [1.82, 2.24) is 4.90 Å². The van der Waals surface area contributed by atoms with E-state index in [9.17, 15) is 14.4 Å². The van der Waals surface area contributed by atoms with Crippen molar-refractivity contribution in [3.63, 3.8) is 0 Å². The SMILES string of the molecule is CC(C)(C)C(=O)N1CC(=O)N(c2cc(Cl)cc(Cl)c2)C1=O. The number of nitrogens with zero attached hydrogens (tertiary/aromatic N) is 2. The molecule has 0 radical (unpaired) electrons. The van der Waals surface area contributed by atoms with E-state index in [1.165, 1.54) is 18.2 Å². The quantitative estimate of drug-likeness (QED) is 0.743. The molecule has 112 valence electrons. The van der Waals surface area contributed by atoms with Gasteiger partial charge < -0.3 is 0 Å². The highest BCUT2D eigenvalue weighted by Crippen LogP contribution is 2.30. The Morgan fingerprint density at radius 1 is 1.10 bits per heavy atom. The Kier molecular flexibility index (Phi) is 4.00. The number of amides is 4. The minimum atomic E-state index is -0.752. The maximum Gasteiger partial charge on any atom is 0.338 e. The third kappa shape index (κ3) is 3.04. The minimum Gasteiger partial charge on any atom is -0.274 e. The van der Waals surface area contributed by atoms with Gasteiger partial charge in [0.1, 0.15) is 6.54 Å². The minimum absolute atomic E-state index is 0.256. The van der Waals surface area contributed by atoms with Crippen molar-refractivity contribution in [2.24, 2.45) is 5.41 Å². The molecule has 0 unspecified atom stereocenters. The number of carbonyl (C=O) groups is 3. The van der Waals surface area contributed by atoms with Gasteiger partial charge in [0.2, 0.25) is 5.91 Å². The molecule has 5 nitrogen and oxygen atoms in total. The molecule has 0 N–H and O–H groups in total. The fraction of sp³-hybridized carbons (Fsp3) is 0.357. The summed E-state index contributed by atoms with van der Waals surface area (Å²) in [7, 11) is 0. The van der Waals surface area contributed by atoms with E-state index in [4.69, 9.17) is 23.2 Å². The molecule has 2 rings (SSSR count). The van der Waals surface area contributed by atoms with E-state index in [1.54, 1.807) is 20.8 Å². The molecular formula is C14H14Cl2N2O3. The Morgan fingerprint density at radius 3 is 2.10 bits per heavy atom. The van der Waals surface area contributed by atoms with E-state index >= 15 is 0 Å². The van der Waals surface area contributed by atoms with Gasteiger partial charge in [0.05, 0.1) is 5.69 Å². The maximum absolute atomic E-state index is 12.4. The van der Waals surface area contributed by atoms with E-state index in [-0.39, 0.29) is 12.2 Å². The summed E-state index contributed by atoms with van der Waals surface area (Å²) < 4.78 is 0. The molecule has 0 aromatic heterocycles. The molecule has 1 aliphatic rings. The third-order valence-electron chi connectivity index (χ3n) is 2.96. The highest BCUT2D eigenvalue weighted by Gasteiger charge is 2.43. The van der Waals surface area contributed by atoms with Crippen molar-refractivity contribution < 1.29 is 14.4 Å². The average Bonchev–Trinajstić information content (AvgIpc) is 2.61. The van der Waals surface area contributed by atoms with Gasteiger partial charge in [-0.15, -0.1) is 0 Å². The molecule has 21 heavy (non-hydrogen) atoms. The molecule has 1 fully saturated rings. The van der Waals surface area contributed by atoms with E-state index in [2.05, 4.69) is 0 Å². The maximum atomic E-state index is 12.4. The lowest BCUT2D eigenvalue weighted by Crippen LogP contribution is -2.42. The van der Waals surface area contributed by atoms with Crippen LogP contribution in [-0.4, -0.2) is 29.3 Å². The van der Waals surface area contributed by atoms with Gasteiger partial charge in [0, 0.05) is 15.5 Å². The zero-order chi connectivity index (χ0) is 15.9. The monoisotopic (exact) mass is 328 g/mol. The molecule has 0 saturated carbocycles. The lowest BCUT2D eigenvalue weighted by molar-refractivity contribution is -0.137. The summed E-state index contributed by atoms with van der Waals surface area (Å²) >= 11 is 11.8. The summed E-state index contributed by atoms with van der Waals surface area (Å²) in [5.41, 5.74) is -0.496. The summed E-state index contributed by atoms with van der Waals surface area (Å²) in [6.07, 6.45) is 0. The first-order chi connectivity index (χ1) is 9.61. The van der Waals surface area contributed by atoms with Crippen LogP contribution in [0.25, 0.3) is 0 Å². The number of hydrogen-bond acceptors (Lipinski definition) is 3. The van der Waals surface area contributed by atoms with Gasteiger partial charge in [-0.05, 0) is 18.2 Å². The summed E-state index contributed by atoms with van der Waals surface area (Å²) in [5.74, 6) is -0.896. The number of hydrogen-bond donors (Lipinski definition) is 0. The van der Waals surface area contributed by atoms with Crippen molar-refractivity contribution in [3.8, 4) is 0 Å². The lowest BCUT2D eigenvalue weighted by atomic mass is 9.95. The number of imide groups is 2. The van der Waals surface area contributed by atoms with Crippen LogP contribution >= 0.6 is 23.2 Å². The fourth-order valence-electron chi connectivity index (χ4n) is 1.99. The van der Waals surface area contributed by atoms with Crippen molar-refractivity contribution in [2.75, 3.05) is 11.4 Å². The van der Waals surface area contributed by atoms with Crippen LogP contribution in [0.2, 0.25) is 10.0 Å². The Hall–Kier alpha value is -1.59. The third-order valence-corrected chi connectivity index (χ3v) is 3.39. The Morgan fingerprint density at radius 2 is 1.62 bits per heavy atom. The normalized spacial score (nSPS) is 15.9. The van der Waals surface area contributed by atoms with Gasteiger partial charge in [-0.3, -0.25) is 14.5 Å². The zero-order valence-corrected chi connectivity index (χ0v) is 13.3. The second-order valence-electron chi connectivity index (χ2n) is 5.78. The molecule has 0 spiro atoms. The van der Waals surface area contributed by atoms with E-state index in [0.29, 0.717) is 10.0 Å². The first-order valence-corrected chi connectivity index (χ1v) is 7.02. The Bertz CT molecular complexity index is 617. The van der Waals surface area contributed by atoms with Crippen LogP contribution in [0.5, 0.6) is 0 Å². The van der Waals surface area contributed by atoms with Crippen molar-refractivity contribution in [3.05, 3.63) is 28.2 Å². The van der Waals surface area contributed by atoms with Crippen LogP contribution in [0.4, 0.5) is 10.5 Å². The molecule has 1 aliphatic heterocycles. The molecule has 1 aromatic carbocycles. The summed E-state index contributed by atoms with van der Waals surface area (Å²) in [5, 5.41) is 0.609. The topological polar surface area (TPSA) is 57.7 Å². The highest BCUT2D eigenvalue weighted by atomic mass is 35.5. The van der Waals surface area contributed by atoms with E-state index < -0.39 is 23.3 Å². The van der Waals surface area contributed by atoms with E-state index in [1.807, 2.05) is 0 Å². The Labute approximate surface area is 132 Å². The molecule has 0 aliphatic carbocycles.